The van der Waals surface area contributed by atoms with Crippen LogP contribution in [0.5, 0.6) is 0 Å². The lowest BCUT2D eigenvalue weighted by Gasteiger charge is -2.01. The van der Waals surface area contributed by atoms with Gasteiger partial charge in [-0.25, -0.2) is 4.39 Å². The van der Waals surface area contributed by atoms with Crippen molar-refractivity contribution < 1.29 is 14.3 Å². The summed E-state index contributed by atoms with van der Waals surface area (Å²) < 4.78 is 13.0. The van der Waals surface area contributed by atoms with Gasteiger partial charge in [0.25, 0.3) is 0 Å². The van der Waals surface area contributed by atoms with Crippen molar-refractivity contribution in [2.75, 3.05) is 0 Å². The Morgan fingerprint density at radius 3 is 2.69 bits per heavy atom. The third-order valence-corrected chi connectivity index (χ3v) is 1.74. The van der Waals surface area contributed by atoms with Gasteiger partial charge in [0, 0.05) is 12.0 Å². The van der Waals surface area contributed by atoms with Crippen LogP contribution >= 0.6 is 0 Å². The fourth-order valence-corrected chi connectivity index (χ4v) is 1.12. The molecule has 3 heteroatoms. The van der Waals surface area contributed by atoms with Crippen LogP contribution in [0.15, 0.2) is 18.2 Å². The van der Waals surface area contributed by atoms with E-state index >= 15 is 0 Å². The first-order chi connectivity index (χ1) is 6.13. The molecule has 0 aliphatic rings. The zero-order chi connectivity index (χ0) is 9.84. The molecule has 0 atom stereocenters. The van der Waals surface area contributed by atoms with Crippen LogP contribution in [-0.2, 0) is 17.8 Å². The lowest BCUT2D eigenvalue weighted by Crippen LogP contribution is -1.98. The first-order valence-electron chi connectivity index (χ1n) is 4.01. The van der Waals surface area contributed by atoms with Gasteiger partial charge in [0.1, 0.15) is 11.6 Å². The van der Waals surface area contributed by atoms with E-state index in [9.17, 15) is 9.18 Å². The molecular formula is C10H11FO2. The summed E-state index contributed by atoms with van der Waals surface area (Å²) in [7, 11) is 0. The molecule has 0 fully saturated rings. The fourth-order valence-electron chi connectivity index (χ4n) is 1.12. The number of halogens is 1. The molecule has 0 aromatic heterocycles. The number of hydrogen-bond donors (Lipinski definition) is 1. The van der Waals surface area contributed by atoms with E-state index in [0.29, 0.717) is 5.56 Å². The Kier molecular flexibility index (Phi) is 3.14. The second-order valence-corrected chi connectivity index (χ2v) is 2.96. The molecule has 0 radical (unpaired) electrons. The van der Waals surface area contributed by atoms with E-state index in [-0.39, 0.29) is 24.4 Å². The minimum absolute atomic E-state index is 0.00357. The average molecular weight is 182 g/mol. The van der Waals surface area contributed by atoms with Gasteiger partial charge in [0.2, 0.25) is 0 Å². The van der Waals surface area contributed by atoms with E-state index in [1.54, 1.807) is 6.07 Å². The van der Waals surface area contributed by atoms with Crippen molar-refractivity contribution in [1.82, 2.24) is 0 Å². The number of Topliss-reactive ketones (excluding diaryl/α,β-unsaturated/α-hetero) is 1. The van der Waals surface area contributed by atoms with Crippen LogP contribution in [0.1, 0.15) is 18.1 Å². The van der Waals surface area contributed by atoms with Crippen LogP contribution in [0.25, 0.3) is 0 Å². The number of ketones is 1. The van der Waals surface area contributed by atoms with E-state index in [1.165, 1.54) is 19.1 Å². The van der Waals surface area contributed by atoms with Gasteiger partial charge in [-0.2, -0.15) is 0 Å². The third-order valence-electron chi connectivity index (χ3n) is 1.74. The largest absolute Gasteiger partial charge is 0.392 e. The van der Waals surface area contributed by atoms with Crippen molar-refractivity contribution in [1.29, 1.82) is 0 Å². The summed E-state index contributed by atoms with van der Waals surface area (Å²) in [6.45, 7) is 1.14. The molecule has 0 amide bonds. The summed E-state index contributed by atoms with van der Waals surface area (Å²) in [5.41, 5.74) is 0.898. The molecule has 1 rings (SSSR count). The molecule has 0 saturated carbocycles. The standard InChI is InChI=1S/C10H11FO2/c1-7(13)4-8-2-3-9(6-12)10(11)5-8/h2-3,5,12H,4,6H2,1H3. The molecule has 0 saturated heterocycles. The lowest BCUT2D eigenvalue weighted by atomic mass is 10.1. The zero-order valence-corrected chi connectivity index (χ0v) is 7.38. The molecule has 70 valence electrons. The Balaban J connectivity index is 2.89. The highest BCUT2D eigenvalue weighted by Crippen LogP contribution is 2.10. The van der Waals surface area contributed by atoms with Crippen molar-refractivity contribution in [3.05, 3.63) is 35.1 Å². The van der Waals surface area contributed by atoms with Gasteiger partial charge in [0.15, 0.2) is 0 Å². The Morgan fingerprint density at radius 2 is 2.23 bits per heavy atom. The molecule has 1 N–H and O–H groups in total. The number of carbonyl (C=O) groups is 1. The summed E-state index contributed by atoms with van der Waals surface area (Å²) in [5.74, 6) is -0.461. The Hall–Kier alpha value is -1.22. The molecule has 0 spiro atoms. The van der Waals surface area contributed by atoms with E-state index in [2.05, 4.69) is 0 Å². The molecule has 0 bridgehead atoms. The minimum Gasteiger partial charge on any atom is -0.392 e. The van der Waals surface area contributed by atoms with Crippen LogP contribution in [-0.4, -0.2) is 10.9 Å². The molecule has 0 aliphatic carbocycles. The summed E-state index contributed by atoms with van der Waals surface area (Å²) >= 11 is 0. The molecule has 13 heavy (non-hydrogen) atoms. The van der Waals surface area contributed by atoms with Gasteiger partial charge >= 0.3 is 0 Å². The second kappa shape index (κ2) is 4.14. The van der Waals surface area contributed by atoms with Crippen molar-refractivity contribution in [2.24, 2.45) is 0 Å². The number of hydrogen-bond acceptors (Lipinski definition) is 2. The normalized spacial score (nSPS) is 10.1. The maximum Gasteiger partial charge on any atom is 0.134 e. The molecule has 2 nitrogen and oxygen atoms in total. The quantitative estimate of drug-likeness (QED) is 0.768. The number of rotatable bonds is 3. The van der Waals surface area contributed by atoms with Gasteiger partial charge in [0.05, 0.1) is 6.61 Å². The number of aliphatic hydroxyl groups is 1. The third kappa shape index (κ3) is 2.63. The van der Waals surface area contributed by atoms with Crippen LogP contribution < -0.4 is 0 Å². The van der Waals surface area contributed by atoms with Gasteiger partial charge in [-0.15, -0.1) is 0 Å². The molecule has 0 aliphatic heterocycles. The van der Waals surface area contributed by atoms with E-state index in [4.69, 9.17) is 5.11 Å². The molecule has 0 heterocycles. The van der Waals surface area contributed by atoms with Gasteiger partial charge in [-0.05, 0) is 18.6 Å². The predicted molar refractivity (Wildman–Crippen MR) is 46.7 cm³/mol. The van der Waals surface area contributed by atoms with Gasteiger partial charge in [-0.1, -0.05) is 12.1 Å². The monoisotopic (exact) mass is 182 g/mol. The van der Waals surface area contributed by atoms with E-state index in [0.717, 1.165) is 0 Å². The number of carbonyl (C=O) groups excluding carboxylic acids is 1. The van der Waals surface area contributed by atoms with E-state index in [1.807, 2.05) is 0 Å². The molecule has 0 unspecified atom stereocenters. The summed E-state index contributed by atoms with van der Waals surface area (Å²) in [4.78, 5) is 10.7. The molecule has 1 aromatic carbocycles. The summed E-state index contributed by atoms with van der Waals surface area (Å²) in [6, 6.07) is 4.43. The Labute approximate surface area is 76.0 Å². The summed E-state index contributed by atoms with van der Waals surface area (Å²) in [6.07, 6.45) is 0.239. The van der Waals surface area contributed by atoms with E-state index < -0.39 is 5.82 Å². The van der Waals surface area contributed by atoms with Crippen molar-refractivity contribution in [3.63, 3.8) is 0 Å². The highest BCUT2D eigenvalue weighted by Gasteiger charge is 2.03. The number of benzene rings is 1. The SMILES string of the molecule is CC(=O)Cc1ccc(CO)c(F)c1. The second-order valence-electron chi connectivity index (χ2n) is 2.96. The average Bonchev–Trinajstić information content (AvgIpc) is 2.03. The van der Waals surface area contributed by atoms with Gasteiger partial charge in [-0.3, -0.25) is 4.79 Å². The highest BCUT2D eigenvalue weighted by atomic mass is 19.1. The lowest BCUT2D eigenvalue weighted by molar-refractivity contribution is -0.116. The van der Waals surface area contributed by atoms with Crippen molar-refractivity contribution in [2.45, 2.75) is 20.0 Å². The first kappa shape index (κ1) is 9.86. The molecule has 1 aromatic rings. The van der Waals surface area contributed by atoms with Crippen LogP contribution in [0.4, 0.5) is 4.39 Å². The minimum atomic E-state index is -0.457. The topological polar surface area (TPSA) is 37.3 Å². The smallest absolute Gasteiger partial charge is 0.134 e. The van der Waals surface area contributed by atoms with Crippen LogP contribution in [0.2, 0.25) is 0 Å². The van der Waals surface area contributed by atoms with Crippen LogP contribution in [0.3, 0.4) is 0 Å². The maximum absolute atomic E-state index is 13.0. The van der Waals surface area contributed by atoms with Crippen LogP contribution in [0, 0.1) is 5.82 Å². The number of aliphatic hydroxyl groups excluding tert-OH is 1. The fraction of sp³-hybridized carbons (Fsp3) is 0.300. The summed E-state index contributed by atoms with van der Waals surface area (Å²) in [5, 5.41) is 8.68. The molecular weight excluding hydrogens is 171 g/mol. The Morgan fingerprint density at radius 1 is 1.54 bits per heavy atom. The van der Waals surface area contributed by atoms with Gasteiger partial charge < -0.3 is 5.11 Å². The van der Waals surface area contributed by atoms with Crippen molar-refractivity contribution in [3.8, 4) is 0 Å². The first-order valence-corrected chi connectivity index (χ1v) is 4.01. The maximum atomic E-state index is 13.0. The highest BCUT2D eigenvalue weighted by molar-refractivity contribution is 5.78. The van der Waals surface area contributed by atoms with Crippen molar-refractivity contribution >= 4 is 5.78 Å². The zero-order valence-electron chi connectivity index (χ0n) is 7.38. The Bertz CT molecular complexity index is 321. The predicted octanol–water partition coefficient (Wildman–Crippen LogP) is 1.45.